The monoisotopic (exact) mass is 300 g/mol. The molecule has 1 aromatic carbocycles. The molecule has 2 heterocycles. The molecule has 0 unspecified atom stereocenters. The van der Waals surface area contributed by atoms with Crippen molar-refractivity contribution in [1.29, 1.82) is 0 Å². The van der Waals surface area contributed by atoms with Gasteiger partial charge in [0.05, 0.1) is 5.39 Å². The Morgan fingerprint density at radius 3 is 2.52 bits per heavy atom. The molecule has 0 amide bonds. The first kappa shape index (κ1) is 13.5. The van der Waals surface area contributed by atoms with E-state index in [1.807, 2.05) is 31.2 Å². The highest BCUT2D eigenvalue weighted by Crippen LogP contribution is 2.28. The van der Waals surface area contributed by atoms with Gasteiger partial charge in [-0.05, 0) is 19.4 Å². The van der Waals surface area contributed by atoms with Gasteiger partial charge in [0, 0.05) is 5.56 Å². The molecule has 0 saturated heterocycles. The summed E-state index contributed by atoms with van der Waals surface area (Å²) < 4.78 is 0. The van der Waals surface area contributed by atoms with Crippen LogP contribution in [0.15, 0.2) is 29.1 Å². The molecule has 0 aliphatic heterocycles. The number of benzene rings is 1. The molecular formula is C15H12N2O3S. The lowest BCUT2D eigenvalue weighted by atomic mass is 10.1. The van der Waals surface area contributed by atoms with Crippen molar-refractivity contribution >= 4 is 27.5 Å². The summed E-state index contributed by atoms with van der Waals surface area (Å²) >= 11 is 1.03. The lowest BCUT2D eigenvalue weighted by molar-refractivity contribution is 0.0701. The summed E-state index contributed by atoms with van der Waals surface area (Å²) in [7, 11) is 0. The summed E-state index contributed by atoms with van der Waals surface area (Å²) in [5.74, 6) is -0.586. The number of aromatic carboxylic acids is 1. The van der Waals surface area contributed by atoms with E-state index in [9.17, 15) is 9.59 Å². The number of aryl methyl sites for hydroxylation is 2. The van der Waals surface area contributed by atoms with Crippen LogP contribution in [-0.4, -0.2) is 21.0 Å². The molecule has 2 N–H and O–H groups in total. The zero-order chi connectivity index (χ0) is 15.1. The molecule has 106 valence electrons. The second kappa shape index (κ2) is 4.82. The Labute approximate surface area is 123 Å². The van der Waals surface area contributed by atoms with Gasteiger partial charge >= 0.3 is 5.97 Å². The number of aromatic nitrogens is 2. The van der Waals surface area contributed by atoms with E-state index in [1.54, 1.807) is 6.92 Å². The summed E-state index contributed by atoms with van der Waals surface area (Å²) in [4.78, 5) is 31.1. The van der Waals surface area contributed by atoms with Gasteiger partial charge in [0.2, 0.25) is 0 Å². The number of thiophene rings is 1. The molecule has 6 heteroatoms. The van der Waals surface area contributed by atoms with E-state index < -0.39 is 5.97 Å². The Kier molecular flexibility index (Phi) is 3.10. The number of fused-ring (bicyclic) bond motifs is 1. The molecule has 2 aromatic heterocycles. The highest BCUT2D eigenvalue weighted by Gasteiger charge is 2.18. The van der Waals surface area contributed by atoms with Crippen molar-refractivity contribution in [2.75, 3.05) is 0 Å². The normalized spacial score (nSPS) is 11.0. The van der Waals surface area contributed by atoms with Crippen molar-refractivity contribution in [3.05, 3.63) is 50.6 Å². The van der Waals surface area contributed by atoms with Crippen molar-refractivity contribution in [3.63, 3.8) is 0 Å². The number of carboxylic acid groups (broad SMARTS) is 1. The Morgan fingerprint density at radius 1 is 1.24 bits per heavy atom. The summed E-state index contributed by atoms with van der Waals surface area (Å²) in [5.41, 5.74) is 2.06. The first-order valence-electron chi connectivity index (χ1n) is 6.31. The number of hydrogen-bond donors (Lipinski definition) is 2. The van der Waals surface area contributed by atoms with Crippen LogP contribution in [0.25, 0.3) is 21.6 Å². The summed E-state index contributed by atoms with van der Waals surface area (Å²) in [6.45, 7) is 3.61. The Balaban J connectivity index is 2.26. The van der Waals surface area contributed by atoms with Gasteiger partial charge in [-0.2, -0.15) is 0 Å². The van der Waals surface area contributed by atoms with Crippen molar-refractivity contribution < 1.29 is 9.90 Å². The number of hydrogen-bond acceptors (Lipinski definition) is 4. The van der Waals surface area contributed by atoms with Gasteiger partial charge in [0.15, 0.2) is 0 Å². The third-order valence-electron chi connectivity index (χ3n) is 3.32. The molecule has 0 atom stereocenters. The van der Waals surface area contributed by atoms with E-state index in [-0.39, 0.29) is 10.4 Å². The third-order valence-corrected chi connectivity index (χ3v) is 4.49. The molecule has 0 saturated carbocycles. The lowest BCUT2D eigenvalue weighted by Gasteiger charge is -2.01. The van der Waals surface area contributed by atoms with Crippen LogP contribution in [0.4, 0.5) is 0 Å². The fourth-order valence-electron chi connectivity index (χ4n) is 2.20. The number of carbonyl (C=O) groups is 1. The zero-order valence-electron chi connectivity index (χ0n) is 11.4. The van der Waals surface area contributed by atoms with Gasteiger partial charge in [-0.25, -0.2) is 9.78 Å². The first-order chi connectivity index (χ1) is 9.97. The van der Waals surface area contributed by atoms with Gasteiger partial charge in [-0.15, -0.1) is 11.3 Å². The van der Waals surface area contributed by atoms with E-state index in [1.165, 1.54) is 0 Å². The molecule has 0 fully saturated rings. The van der Waals surface area contributed by atoms with Crippen molar-refractivity contribution in [1.82, 2.24) is 9.97 Å². The third kappa shape index (κ3) is 2.23. The van der Waals surface area contributed by atoms with Gasteiger partial charge in [-0.1, -0.05) is 29.8 Å². The van der Waals surface area contributed by atoms with Crippen LogP contribution in [0.5, 0.6) is 0 Å². The van der Waals surface area contributed by atoms with Crippen LogP contribution in [0.1, 0.15) is 20.8 Å². The molecule has 0 aliphatic carbocycles. The maximum absolute atomic E-state index is 12.2. The quantitative estimate of drug-likeness (QED) is 0.762. The fraction of sp³-hybridized carbons (Fsp3) is 0.133. The molecular weight excluding hydrogens is 288 g/mol. The number of nitrogens with zero attached hydrogens (tertiary/aromatic N) is 1. The minimum absolute atomic E-state index is 0.157. The highest BCUT2D eigenvalue weighted by molar-refractivity contribution is 7.20. The molecule has 3 rings (SSSR count). The van der Waals surface area contributed by atoms with Crippen LogP contribution in [0.3, 0.4) is 0 Å². The van der Waals surface area contributed by atoms with Gasteiger partial charge < -0.3 is 10.1 Å². The van der Waals surface area contributed by atoms with Crippen LogP contribution in [0, 0.1) is 13.8 Å². The topological polar surface area (TPSA) is 83.0 Å². The maximum Gasteiger partial charge on any atom is 0.346 e. The SMILES string of the molecule is Cc1ccc(-c2nc3sc(C(=O)O)c(C)c3c(=O)[nH]2)cc1. The van der Waals surface area contributed by atoms with E-state index in [0.29, 0.717) is 21.6 Å². The number of nitrogens with one attached hydrogen (secondary N) is 1. The summed E-state index contributed by atoms with van der Waals surface area (Å²) in [6, 6.07) is 7.61. The number of aromatic amines is 1. The van der Waals surface area contributed by atoms with E-state index >= 15 is 0 Å². The maximum atomic E-state index is 12.2. The van der Waals surface area contributed by atoms with Gasteiger partial charge in [0.25, 0.3) is 5.56 Å². The van der Waals surface area contributed by atoms with E-state index in [0.717, 1.165) is 22.5 Å². The van der Waals surface area contributed by atoms with Crippen LogP contribution < -0.4 is 5.56 Å². The molecule has 0 bridgehead atoms. The Hall–Kier alpha value is -2.47. The average Bonchev–Trinajstić information content (AvgIpc) is 2.77. The number of H-pyrrole nitrogens is 1. The van der Waals surface area contributed by atoms with Crippen molar-refractivity contribution in [2.45, 2.75) is 13.8 Å². The van der Waals surface area contributed by atoms with Crippen molar-refractivity contribution in [3.8, 4) is 11.4 Å². The minimum Gasteiger partial charge on any atom is -0.477 e. The second-order valence-electron chi connectivity index (χ2n) is 4.82. The first-order valence-corrected chi connectivity index (χ1v) is 7.13. The molecule has 5 nitrogen and oxygen atoms in total. The molecule has 0 aliphatic rings. The van der Waals surface area contributed by atoms with Gasteiger partial charge in [-0.3, -0.25) is 4.79 Å². The molecule has 3 aromatic rings. The predicted octanol–water partition coefficient (Wildman–Crippen LogP) is 2.97. The summed E-state index contributed by atoms with van der Waals surface area (Å²) in [6.07, 6.45) is 0. The van der Waals surface area contributed by atoms with Gasteiger partial charge in [0.1, 0.15) is 15.5 Å². The predicted molar refractivity (Wildman–Crippen MR) is 82.1 cm³/mol. The fourth-order valence-corrected chi connectivity index (χ4v) is 3.22. The summed E-state index contributed by atoms with van der Waals surface area (Å²) in [5, 5.41) is 9.50. The second-order valence-corrected chi connectivity index (χ2v) is 5.82. The zero-order valence-corrected chi connectivity index (χ0v) is 12.2. The minimum atomic E-state index is -1.04. The largest absolute Gasteiger partial charge is 0.477 e. The van der Waals surface area contributed by atoms with Crippen molar-refractivity contribution in [2.24, 2.45) is 0 Å². The number of carboxylic acids is 1. The average molecular weight is 300 g/mol. The standard InChI is InChI=1S/C15H12N2O3S/c1-7-3-5-9(6-4-7)12-16-13(18)10-8(2)11(15(19)20)21-14(10)17-12/h3-6H,1-2H3,(H,19,20)(H,16,17,18). The Bertz CT molecular complexity index is 907. The Morgan fingerprint density at radius 2 is 1.90 bits per heavy atom. The molecule has 21 heavy (non-hydrogen) atoms. The smallest absolute Gasteiger partial charge is 0.346 e. The van der Waals surface area contributed by atoms with Crippen LogP contribution in [-0.2, 0) is 0 Å². The molecule has 0 radical (unpaired) electrons. The highest BCUT2D eigenvalue weighted by atomic mass is 32.1. The molecule has 0 spiro atoms. The van der Waals surface area contributed by atoms with E-state index in [2.05, 4.69) is 9.97 Å². The number of rotatable bonds is 2. The van der Waals surface area contributed by atoms with Crippen LogP contribution >= 0.6 is 11.3 Å². The van der Waals surface area contributed by atoms with E-state index in [4.69, 9.17) is 5.11 Å². The van der Waals surface area contributed by atoms with Crippen LogP contribution in [0.2, 0.25) is 0 Å². The lowest BCUT2D eigenvalue weighted by Crippen LogP contribution is -2.09.